The molecule has 2 N–H and O–H groups in total. The lowest BCUT2D eigenvalue weighted by Gasteiger charge is -2.31. The molecular formula is C15H23NO2S. The van der Waals surface area contributed by atoms with Crippen LogP contribution in [0.25, 0.3) is 0 Å². The maximum Gasteiger partial charge on any atom is 0.119 e. The number of rotatable bonds is 6. The molecule has 1 aromatic rings. The van der Waals surface area contributed by atoms with Crippen LogP contribution in [0.2, 0.25) is 0 Å². The van der Waals surface area contributed by atoms with Crippen LogP contribution in [-0.2, 0) is 11.2 Å². The number of benzene rings is 1. The molecule has 0 spiro atoms. The monoisotopic (exact) mass is 281 g/mol. The number of hydrogen-bond acceptors (Lipinski definition) is 4. The molecule has 19 heavy (non-hydrogen) atoms. The zero-order valence-corrected chi connectivity index (χ0v) is 12.5. The van der Waals surface area contributed by atoms with Gasteiger partial charge >= 0.3 is 0 Å². The zero-order valence-electron chi connectivity index (χ0n) is 11.7. The van der Waals surface area contributed by atoms with Gasteiger partial charge in [0.25, 0.3) is 0 Å². The molecule has 106 valence electrons. The third-order valence-electron chi connectivity index (χ3n) is 3.64. The number of thioether (sulfide) groups is 1. The van der Waals surface area contributed by atoms with Gasteiger partial charge < -0.3 is 15.2 Å². The zero-order chi connectivity index (χ0) is 13.7. The highest BCUT2D eigenvalue weighted by Crippen LogP contribution is 2.37. The van der Waals surface area contributed by atoms with Crippen LogP contribution in [0, 0.1) is 0 Å². The molecule has 0 heterocycles. The van der Waals surface area contributed by atoms with E-state index in [1.807, 2.05) is 17.8 Å². The average Bonchev–Trinajstić information content (AvgIpc) is 2.45. The Labute approximate surface area is 119 Å². The molecule has 0 radical (unpaired) electrons. The van der Waals surface area contributed by atoms with Gasteiger partial charge in [0.1, 0.15) is 5.75 Å². The predicted octanol–water partition coefficient (Wildman–Crippen LogP) is 2.78. The van der Waals surface area contributed by atoms with E-state index in [1.54, 1.807) is 14.2 Å². The Hall–Kier alpha value is -0.710. The van der Waals surface area contributed by atoms with Gasteiger partial charge in [-0.3, -0.25) is 0 Å². The summed E-state index contributed by atoms with van der Waals surface area (Å²) < 4.78 is 10.4. The Morgan fingerprint density at radius 3 is 2.95 bits per heavy atom. The van der Waals surface area contributed by atoms with Crippen LogP contribution in [0.3, 0.4) is 0 Å². The van der Waals surface area contributed by atoms with Gasteiger partial charge in [-0.25, -0.2) is 0 Å². The van der Waals surface area contributed by atoms with Crippen molar-refractivity contribution >= 4 is 11.8 Å². The van der Waals surface area contributed by atoms with Crippen molar-refractivity contribution < 1.29 is 9.47 Å². The fourth-order valence-electron chi connectivity index (χ4n) is 2.54. The Morgan fingerprint density at radius 2 is 2.21 bits per heavy atom. The second kappa shape index (κ2) is 7.17. The minimum absolute atomic E-state index is 0.117. The first-order valence-electron chi connectivity index (χ1n) is 6.79. The van der Waals surface area contributed by atoms with Crippen LogP contribution in [0.1, 0.15) is 30.0 Å². The normalized spacial score (nSPS) is 22.1. The van der Waals surface area contributed by atoms with Crippen LogP contribution >= 0.6 is 11.8 Å². The van der Waals surface area contributed by atoms with Gasteiger partial charge in [0.15, 0.2) is 0 Å². The summed E-state index contributed by atoms with van der Waals surface area (Å²) in [5, 5.41) is 0.511. The number of methoxy groups -OCH3 is 2. The standard InChI is InChI=1S/C15H23NO2S/c1-17-8-3-9-19-14-7-5-11-4-6-12(18-2)10-13(11)15(14)16/h4,6,10,14-15H,3,5,7-9,16H2,1-2H3. The summed E-state index contributed by atoms with van der Waals surface area (Å²) in [6.45, 7) is 0.833. The van der Waals surface area contributed by atoms with Crippen molar-refractivity contribution in [3.8, 4) is 5.75 Å². The first-order chi connectivity index (χ1) is 9.26. The van der Waals surface area contributed by atoms with Gasteiger partial charge in [0, 0.05) is 25.0 Å². The number of aryl methyl sites for hydroxylation is 1. The molecule has 0 saturated carbocycles. The number of hydrogen-bond donors (Lipinski definition) is 1. The van der Waals surface area contributed by atoms with Crippen molar-refractivity contribution in [2.75, 3.05) is 26.6 Å². The maximum absolute atomic E-state index is 6.42. The van der Waals surface area contributed by atoms with Crippen LogP contribution in [-0.4, -0.2) is 31.8 Å². The second-order valence-corrected chi connectivity index (χ2v) is 6.23. The van der Waals surface area contributed by atoms with E-state index < -0.39 is 0 Å². The summed E-state index contributed by atoms with van der Waals surface area (Å²) in [5.41, 5.74) is 9.06. The van der Waals surface area contributed by atoms with E-state index >= 15 is 0 Å². The molecule has 2 atom stereocenters. The van der Waals surface area contributed by atoms with Crippen molar-refractivity contribution in [1.29, 1.82) is 0 Å². The molecule has 2 rings (SSSR count). The quantitative estimate of drug-likeness (QED) is 0.814. The summed E-state index contributed by atoms with van der Waals surface area (Å²) in [6.07, 6.45) is 3.38. The lowest BCUT2D eigenvalue weighted by atomic mass is 9.87. The van der Waals surface area contributed by atoms with Crippen LogP contribution < -0.4 is 10.5 Å². The predicted molar refractivity (Wildman–Crippen MR) is 81.0 cm³/mol. The number of nitrogens with two attached hydrogens (primary N) is 1. The fourth-order valence-corrected chi connectivity index (χ4v) is 3.77. The molecule has 1 aliphatic rings. The largest absolute Gasteiger partial charge is 0.497 e. The Bertz CT molecular complexity index is 411. The molecule has 3 nitrogen and oxygen atoms in total. The van der Waals surface area contributed by atoms with Gasteiger partial charge in [0.2, 0.25) is 0 Å². The minimum Gasteiger partial charge on any atom is -0.497 e. The Balaban J connectivity index is 1.99. The molecule has 0 saturated heterocycles. The van der Waals surface area contributed by atoms with Crippen molar-refractivity contribution in [2.24, 2.45) is 5.73 Å². The van der Waals surface area contributed by atoms with E-state index in [0.29, 0.717) is 5.25 Å². The second-order valence-electron chi connectivity index (χ2n) is 4.88. The summed E-state index contributed by atoms with van der Waals surface area (Å²) in [4.78, 5) is 0. The highest BCUT2D eigenvalue weighted by Gasteiger charge is 2.27. The molecule has 4 heteroatoms. The SMILES string of the molecule is COCCCSC1CCc2ccc(OC)cc2C1N. The van der Waals surface area contributed by atoms with Crippen molar-refractivity contribution in [3.05, 3.63) is 29.3 Å². The topological polar surface area (TPSA) is 44.5 Å². The molecule has 0 aliphatic heterocycles. The average molecular weight is 281 g/mol. The van der Waals surface area contributed by atoms with Gasteiger partial charge in [-0.15, -0.1) is 0 Å². The lowest BCUT2D eigenvalue weighted by molar-refractivity contribution is 0.200. The van der Waals surface area contributed by atoms with Crippen molar-refractivity contribution in [3.63, 3.8) is 0 Å². The maximum atomic E-state index is 6.42. The minimum atomic E-state index is 0.117. The van der Waals surface area contributed by atoms with Crippen LogP contribution in [0.15, 0.2) is 18.2 Å². The van der Waals surface area contributed by atoms with E-state index in [4.69, 9.17) is 15.2 Å². The van der Waals surface area contributed by atoms with E-state index in [-0.39, 0.29) is 6.04 Å². The van der Waals surface area contributed by atoms with E-state index in [0.717, 1.165) is 37.4 Å². The van der Waals surface area contributed by atoms with Crippen molar-refractivity contribution in [2.45, 2.75) is 30.6 Å². The number of fused-ring (bicyclic) bond motifs is 1. The molecule has 0 fully saturated rings. The van der Waals surface area contributed by atoms with Gasteiger partial charge in [0.05, 0.1) is 7.11 Å². The van der Waals surface area contributed by atoms with E-state index in [2.05, 4.69) is 12.1 Å². The third-order valence-corrected chi connectivity index (χ3v) is 5.12. The third kappa shape index (κ3) is 3.65. The van der Waals surface area contributed by atoms with E-state index in [1.165, 1.54) is 11.1 Å². The summed E-state index contributed by atoms with van der Waals surface area (Å²) in [7, 11) is 3.45. The first kappa shape index (κ1) is 14.7. The van der Waals surface area contributed by atoms with E-state index in [9.17, 15) is 0 Å². The first-order valence-corrected chi connectivity index (χ1v) is 7.84. The Kier molecular flexibility index (Phi) is 5.55. The summed E-state index contributed by atoms with van der Waals surface area (Å²) in [6, 6.07) is 6.39. The molecule has 0 aromatic heterocycles. The smallest absolute Gasteiger partial charge is 0.119 e. The number of ether oxygens (including phenoxy) is 2. The molecule has 2 unspecified atom stereocenters. The molecule has 1 aromatic carbocycles. The van der Waals surface area contributed by atoms with Gasteiger partial charge in [-0.1, -0.05) is 6.07 Å². The van der Waals surface area contributed by atoms with Crippen LogP contribution in [0.4, 0.5) is 0 Å². The van der Waals surface area contributed by atoms with Gasteiger partial charge in [-0.2, -0.15) is 11.8 Å². The fraction of sp³-hybridized carbons (Fsp3) is 0.600. The summed E-state index contributed by atoms with van der Waals surface area (Å²) in [5.74, 6) is 2.02. The highest BCUT2D eigenvalue weighted by molar-refractivity contribution is 7.99. The lowest BCUT2D eigenvalue weighted by Crippen LogP contribution is -2.29. The molecule has 0 bridgehead atoms. The van der Waals surface area contributed by atoms with Crippen LogP contribution in [0.5, 0.6) is 5.75 Å². The Morgan fingerprint density at radius 1 is 1.37 bits per heavy atom. The highest BCUT2D eigenvalue weighted by atomic mass is 32.2. The summed E-state index contributed by atoms with van der Waals surface area (Å²) >= 11 is 1.98. The molecule has 0 amide bonds. The van der Waals surface area contributed by atoms with Crippen molar-refractivity contribution in [1.82, 2.24) is 0 Å². The molecular weight excluding hydrogens is 258 g/mol. The van der Waals surface area contributed by atoms with Gasteiger partial charge in [-0.05, 0) is 48.3 Å². The molecule has 1 aliphatic carbocycles.